The van der Waals surface area contributed by atoms with Crippen LogP contribution in [0, 0.1) is 11.3 Å². The number of anilines is 1. The van der Waals surface area contributed by atoms with E-state index in [-0.39, 0.29) is 11.6 Å². The second-order valence-corrected chi connectivity index (χ2v) is 3.50. The van der Waals surface area contributed by atoms with Crippen LogP contribution in [0.25, 0.3) is 0 Å². The molecule has 0 amide bonds. The van der Waals surface area contributed by atoms with Gasteiger partial charge in [-0.3, -0.25) is 0 Å². The van der Waals surface area contributed by atoms with Gasteiger partial charge in [0.15, 0.2) is 5.75 Å². The monoisotopic (exact) mass is 218 g/mol. The lowest BCUT2D eigenvalue weighted by molar-refractivity contribution is 0.0691. The number of ether oxygens (including phenoxy) is 1. The molecular weight excluding hydrogens is 208 g/mol. The molecule has 2 rings (SSSR count). The molecule has 0 aromatic heterocycles. The average molecular weight is 218 g/mol. The summed E-state index contributed by atoms with van der Waals surface area (Å²) >= 11 is 0. The summed E-state index contributed by atoms with van der Waals surface area (Å²) in [7, 11) is 0. The maximum Gasteiger partial charge on any atom is 0.339 e. The van der Waals surface area contributed by atoms with Gasteiger partial charge in [0.25, 0.3) is 0 Å². The summed E-state index contributed by atoms with van der Waals surface area (Å²) in [6.07, 6.45) is 0.330. The number of para-hydroxylation sites is 1. The fourth-order valence-electron chi connectivity index (χ4n) is 1.64. The Bertz CT molecular complexity index is 465. The van der Waals surface area contributed by atoms with E-state index in [2.05, 4.69) is 5.32 Å². The quantitative estimate of drug-likeness (QED) is 0.785. The van der Waals surface area contributed by atoms with E-state index in [1.165, 1.54) is 6.07 Å². The molecule has 1 aliphatic rings. The summed E-state index contributed by atoms with van der Waals surface area (Å²) in [5.74, 6) is -0.665. The summed E-state index contributed by atoms with van der Waals surface area (Å²) in [4.78, 5) is 10.9. The van der Waals surface area contributed by atoms with Crippen LogP contribution in [0.1, 0.15) is 16.8 Å². The van der Waals surface area contributed by atoms with E-state index in [1.807, 2.05) is 6.07 Å². The highest BCUT2D eigenvalue weighted by Gasteiger charge is 2.23. The van der Waals surface area contributed by atoms with Gasteiger partial charge in [0, 0.05) is 0 Å². The molecule has 1 aliphatic heterocycles. The van der Waals surface area contributed by atoms with Gasteiger partial charge in [-0.1, -0.05) is 6.07 Å². The lowest BCUT2D eigenvalue weighted by Crippen LogP contribution is -2.31. The van der Waals surface area contributed by atoms with Gasteiger partial charge >= 0.3 is 5.97 Å². The van der Waals surface area contributed by atoms with Crippen LogP contribution < -0.4 is 10.1 Å². The minimum Gasteiger partial charge on any atom is -0.488 e. The smallest absolute Gasteiger partial charge is 0.339 e. The second-order valence-electron chi connectivity index (χ2n) is 3.50. The zero-order valence-corrected chi connectivity index (χ0v) is 8.43. The number of carbonyl (C=O) groups is 1. The number of fused-ring (bicyclic) bond motifs is 1. The minimum absolute atomic E-state index is 0.0819. The Kier molecular flexibility index (Phi) is 2.64. The van der Waals surface area contributed by atoms with Crippen molar-refractivity contribution in [3.63, 3.8) is 0 Å². The lowest BCUT2D eigenvalue weighted by Gasteiger charge is -2.26. The van der Waals surface area contributed by atoms with Gasteiger partial charge in [0.2, 0.25) is 0 Å². The average Bonchev–Trinajstić information content (AvgIpc) is 2.28. The molecule has 0 saturated heterocycles. The third-order valence-electron chi connectivity index (χ3n) is 2.37. The number of aromatic carboxylic acids is 1. The summed E-state index contributed by atoms with van der Waals surface area (Å²) in [6.45, 7) is 0.310. The van der Waals surface area contributed by atoms with E-state index < -0.39 is 5.97 Å². The lowest BCUT2D eigenvalue weighted by atomic mass is 10.1. The summed E-state index contributed by atoms with van der Waals surface area (Å²) < 4.78 is 5.39. The van der Waals surface area contributed by atoms with E-state index in [1.54, 1.807) is 12.1 Å². The first kappa shape index (κ1) is 10.3. The van der Waals surface area contributed by atoms with Crippen molar-refractivity contribution in [3.8, 4) is 11.8 Å². The Morgan fingerprint density at radius 3 is 3.19 bits per heavy atom. The Morgan fingerprint density at radius 2 is 2.50 bits per heavy atom. The van der Waals surface area contributed by atoms with E-state index in [0.717, 1.165) is 0 Å². The molecule has 0 fully saturated rings. The third-order valence-corrected chi connectivity index (χ3v) is 2.37. The summed E-state index contributed by atoms with van der Waals surface area (Å²) in [6, 6.07) is 6.85. The zero-order valence-electron chi connectivity index (χ0n) is 8.43. The highest BCUT2D eigenvalue weighted by Crippen LogP contribution is 2.33. The minimum atomic E-state index is -1.02. The van der Waals surface area contributed by atoms with Gasteiger partial charge < -0.3 is 15.2 Å². The molecular formula is C11H10N2O3. The largest absolute Gasteiger partial charge is 0.488 e. The molecule has 1 atom stereocenters. The van der Waals surface area contributed by atoms with Crippen LogP contribution in [0.5, 0.6) is 5.75 Å². The van der Waals surface area contributed by atoms with Crippen molar-refractivity contribution in [1.82, 2.24) is 0 Å². The normalized spacial score (nSPS) is 17.6. The summed E-state index contributed by atoms with van der Waals surface area (Å²) in [5.41, 5.74) is 0.770. The van der Waals surface area contributed by atoms with Crippen molar-refractivity contribution < 1.29 is 14.6 Å². The van der Waals surface area contributed by atoms with Crippen molar-refractivity contribution >= 4 is 11.7 Å². The topological polar surface area (TPSA) is 82.3 Å². The van der Waals surface area contributed by atoms with Crippen LogP contribution in [0.15, 0.2) is 18.2 Å². The van der Waals surface area contributed by atoms with Crippen LogP contribution >= 0.6 is 0 Å². The Balaban J connectivity index is 2.31. The van der Waals surface area contributed by atoms with Crippen LogP contribution in [-0.4, -0.2) is 23.7 Å². The van der Waals surface area contributed by atoms with Crippen LogP contribution in [-0.2, 0) is 0 Å². The second kappa shape index (κ2) is 4.11. The maximum absolute atomic E-state index is 10.9. The molecule has 0 radical (unpaired) electrons. The summed E-state index contributed by atoms with van der Waals surface area (Å²) in [5, 5.41) is 20.6. The molecule has 2 N–H and O–H groups in total. The number of hydrogen-bond donors (Lipinski definition) is 2. The third kappa shape index (κ3) is 1.77. The number of hydrogen-bond acceptors (Lipinski definition) is 4. The zero-order chi connectivity index (χ0) is 11.5. The Labute approximate surface area is 92.3 Å². The van der Waals surface area contributed by atoms with E-state index in [9.17, 15) is 4.79 Å². The highest BCUT2D eigenvalue weighted by molar-refractivity contribution is 5.93. The number of nitrogens with one attached hydrogen (secondary N) is 1. The molecule has 82 valence electrons. The highest BCUT2D eigenvalue weighted by atomic mass is 16.5. The fraction of sp³-hybridized carbons (Fsp3) is 0.273. The fourth-order valence-corrected chi connectivity index (χ4v) is 1.64. The van der Waals surface area contributed by atoms with E-state index >= 15 is 0 Å². The molecule has 0 spiro atoms. The number of benzene rings is 1. The predicted octanol–water partition coefficient (Wildman–Crippen LogP) is 1.47. The van der Waals surface area contributed by atoms with Crippen LogP contribution in [0.3, 0.4) is 0 Å². The number of carboxylic acids is 1. The van der Waals surface area contributed by atoms with Crippen molar-refractivity contribution in [1.29, 1.82) is 5.26 Å². The molecule has 5 nitrogen and oxygen atoms in total. The van der Waals surface area contributed by atoms with Crippen LogP contribution in [0.4, 0.5) is 5.69 Å². The first-order valence-corrected chi connectivity index (χ1v) is 4.85. The predicted molar refractivity (Wildman–Crippen MR) is 56.5 cm³/mol. The van der Waals surface area contributed by atoms with Gasteiger partial charge in [-0.2, -0.15) is 5.26 Å². The number of rotatable bonds is 2. The Morgan fingerprint density at radius 1 is 1.69 bits per heavy atom. The number of carboxylic acid groups (broad SMARTS) is 1. The van der Waals surface area contributed by atoms with Gasteiger partial charge in [-0.15, -0.1) is 0 Å². The molecule has 1 aromatic rings. The number of nitriles is 1. The van der Waals surface area contributed by atoms with Gasteiger partial charge in [0.1, 0.15) is 12.2 Å². The van der Waals surface area contributed by atoms with Crippen LogP contribution in [0.2, 0.25) is 0 Å². The molecule has 5 heteroatoms. The van der Waals surface area contributed by atoms with E-state index in [0.29, 0.717) is 24.5 Å². The first-order chi connectivity index (χ1) is 7.72. The Hall–Kier alpha value is -2.22. The van der Waals surface area contributed by atoms with Gasteiger partial charge in [0.05, 0.1) is 24.2 Å². The molecule has 0 aliphatic carbocycles. The number of nitrogens with zero attached hydrogens (tertiary/aromatic N) is 1. The van der Waals surface area contributed by atoms with Gasteiger partial charge in [-0.05, 0) is 12.1 Å². The molecule has 1 unspecified atom stereocenters. The van der Waals surface area contributed by atoms with E-state index in [4.69, 9.17) is 15.1 Å². The maximum atomic E-state index is 10.9. The standard InChI is InChI=1S/C11H10N2O3/c12-5-4-7-6-16-10-8(11(14)15)2-1-3-9(10)13-7/h1-3,7,13H,4,6H2,(H,14,15). The molecule has 16 heavy (non-hydrogen) atoms. The first-order valence-electron chi connectivity index (χ1n) is 4.85. The van der Waals surface area contributed by atoms with Crippen molar-refractivity contribution in [2.45, 2.75) is 12.5 Å². The van der Waals surface area contributed by atoms with Crippen molar-refractivity contribution in [2.75, 3.05) is 11.9 Å². The molecule has 0 saturated carbocycles. The molecule has 1 aromatic carbocycles. The van der Waals surface area contributed by atoms with Crippen molar-refractivity contribution in [3.05, 3.63) is 23.8 Å². The SMILES string of the molecule is N#CCC1COc2c(cccc2C(=O)O)N1. The van der Waals surface area contributed by atoms with Gasteiger partial charge in [-0.25, -0.2) is 4.79 Å². The molecule has 1 heterocycles. The molecule has 0 bridgehead atoms. The van der Waals surface area contributed by atoms with Crippen molar-refractivity contribution in [2.24, 2.45) is 0 Å².